The summed E-state index contributed by atoms with van der Waals surface area (Å²) in [6.07, 6.45) is 20.3. The standard InChI is InChI=1S/C19H18N4.C18H22N4.C17H22N4.C14H16N4O2.C13H14N4O.2C13H14N4/c1-13-21-17-18(23(13)12-14-8-4-3-5-9-14)15-10-6-7-11-16(15)22-19(17)20-2;1-19-18-16-17(14-9-5-6-10-15(14)21-18)22(12-20-16)11-13-7-3-2-4-8-13;1-3-4-5-8-11-21-12-19-15-16(21)13-9-6-7-10-14(13)20-17(15)18-2;1-15-14-12-13(10-4-2-3-5-11(10)17-14)18(8-16-12)6-9(20)7-19;1-14-13-11-12(17(6-7-18)8-15-11)9-4-2-3-5-10(9)16-13;1-8-4-5-10-9(6-8)12-11(13(14-2)16-10)15-7-17(12)3;1-8-15-11-12(17(8)3)9-6-4-5-7-10(9)16-13(11)14-2/h3-11H,12H2,1-2H3,(H,20,22);5-6,9-10,12-13H,2-4,7-8,11H2,1H3,(H,19,21);6-7,9-10,12H,3-5,8,11H2,1-2H3,(H,18,20);2-5,8-9,19-20H,6-7H2,1H3,(H,15,17);2-5,8,18H,6-7H2,1H3,(H,14,16);2*4-7H,1-3H3,(H,14,16). The fraction of sp³-hybridized carbons (Fsp3) is 0.290. The Morgan fingerprint density at radius 1 is 0.348 bits per heavy atom. The van der Waals surface area contributed by atoms with Crippen LogP contribution in [0.25, 0.3) is 154 Å². The van der Waals surface area contributed by atoms with Crippen LogP contribution in [-0.2, 0) is 46.8 Å². The highest BCUT2D eigenvalue weighted by Gasteiger charge is 2.24. The fourth-order valence-corrected chi connectivity index (χ4v) is 18.7. The zero-order valence-electron chi connectivity index (χ0n) is 80.6. The summed E-state index contributed by atoms with van der Waals surface area (Å²) in [5, 5.41) is 57.5. The Labute approximate surface area is 799 Å². The molecule has 1 saturated carbocycles. The highest BCUT2D eigenvalue weighted by Crippen LogP contribution is 2.38. The average Bonchev–Trinajstić information content (AvgIpc) is 1.53. The van der Waals surface area contributed by atoms with Gasteiger partial charge in [-0.15, -0.1) is 0 Å². The third kappa shape index (κ3) is 19.4. The van der Waals surface area contributed by atoms with E-state index in [1.807, 2.05) is 193 Å². The van der Waals surface area contributed by atoms with Gasteiger partial charge in [0.15, 0.2) is 40.7 Å². The Bertz CT molecular complexity index is 8050. The molecule has 23 rings (SSSR count). The molecule has 0 spiro atoms. The monoisotopic (exact) mass is 1850 g/mol. The topological polar surface area (TPSA) is 360 Å². The van der Waals surface area contributed by atoms with Gasteiger partial charge in [0.25, 0.3) is 0 Å². The largest absolute Gasteiger partial charge is 0.395 e. The van der Waals surface area contributed by atoms with E-state index in [1.54, 1.807) is 19.7 Å². The Hall–Kier alpha value is -15.6. The number of para-hydroxylation sites is 6. The number of rotatable bonds is 21. The zero-order chi connectivity index (χ0) is 96.0. The molecule has 1 fully saturated rings. The van der Waals surface area contributed by atoms with Crippen molar-refractivity contribution in [3.05, 3.63) is 249 Å². The molecule has 1 unspecified atom stereocenters. The van der Waals surface area contributed by atoms with Gasteiger partial charge in [-0.25, -0.2) is 69.8 Å². The van der Waals surface area contributed by atoms with E-state index in [2.05, 4.69) is 228 Å². The van der Waals surface area contributed by atoms with E-state index in [0.717, 1.165) is 204 Å². The van der Waals surface area contributed by atoms with Crippen LogP contribution in [0.3, 0.4) is 0 Å². The minimum absolute atomic E-state index is 0.0942. The van der Waals surface area contributed by atoms with Crippen molar-refractivity contribution < 1.29 is 15.3 Å². The molecule has 0 radical (unpaired) electrons. The third-order valence-corrected chi connectivity index (χ3v) is 25.6. The van der Waals surface area contributed by atoms with E-state index < -0.39 is 6.10 Å². The normalized spacial score (nSPS) is 12.3. The van der Waals surface area contributed by atoms with E-state index in [4.69, 9.17) is 25.2 Å². The number of unbranched alkanes of at least 4 members (excludes halogenated alkanes) is 3. The van der Waals surface area contributed by atoms with Crippen molar-refractivity contribution in [2.45, 2.75) is 124 Å². The highest BCUT2D eigenvalue weighted by atomic mass is 16.3. The second-order valence-corrected chi connectivity index (χ2v) is 34.6. The molecule has 1 aliphatic rings. The lowest BCUT2D eigenvalue weighted by atomic mass is 9.89. The van der Waals surface area contributed by atoms with E-state index in [1.165, 1.54) is 90.7 Å². The van der Waals surface area contributed by atoms with E-state index in [-0.39, 0.29) is 13.2 Å². The van der Waals surface area contributed by atoms with E-state index in [9.17, 15) is 5.11 Å². The number of nitrogens with zero attached hydrogens (tertiary/aromatic N) is 21. The Morgan fingerprint density at radius 3 is 1.15 bits per heavy atom. The van der Waals surface area contributed by atoms with Gasteiger partial charge in [0.1, 0.15) is 50.3 Å². The molecule has 22 aromatic rings. The lowest BCUT2D eigenvalue weighted by Gasteiger charge is -2.22. The van der Waals surface area contributed by atoms with Gasteiger partial charge in [-0.3, -0.25) is 0 Å². The molecule has 0 aliphatic heterocycles. The van der Waals surface area contributed by atoms with Crippen LogP contribution in [0.4, 0.5) is 40.7 Å². The maximum Gasteiger partial charge on any atom is 0.154 e. The number of benzene rings is 8. The summed E-state index contributed by atoms with van der Waals surface area (Å²) in [6, 6.07) is 65.6. The first-order chi connectivity index (χ1) is 67.5. The Morgan fingerprint density at radius 2 is 0.710 bits per heavy atom. The number of pyridine rings is 7. The van der Waals surface area contributed by atoms with Crippen LogP contribution in [0, 0.1) is 26.7 Å². The van der Waals surface area contributed by atoms with Crippen molar-refractivity contribution in [1.29, 1.82) is 0 Å². The number of aromatic nitrogens is 21. The number of anilines is 7. The van der Waals surface area contributed by atoms with Gasteiger partial charge in [-0.1, -0.05) is 197 Å². The van der Waals surface area contributed by atoms with Crippen molar-refractivity contribution in [1.82, 2.24) is 102 Å². The Balaban J connectivity index is 0.000000112. The molecule has 0 bridgehead atoms. The molecule has 14 aromatic heterocycles. The minimum atomic E-state index is -0.808. The number of aliphatic hydroxyl groups is 3. The first kappa shape index (κ1) is 94.2. The molecule has 14 heterocycles. The molecular weight excluding hydrogens is 1730 g/mol. The molecule has 0 amide bonds. The third-order valence-electron chi connectivity index (χ3n) is 25.6. The van der Waals surface area contributed by atoms with E-state index in [0.29, 0.717) is 18.9 Å². The summed E-state index contributed by atoms with van der Waals surface area (Å²) in [5.41, 5.74) is 23.4. The van der Waals surface area contributed by atoms with Crippen molar-refractivity contribution in [3.63, 3.8) is 0 Å². The summed E-state index contributed by atoms with van der Waals surface area (Å²) >= 11 is 0. The number of aryl methyl sites for hydroxylation is 6. The molecule has 1 aliphatic carbocycles. The van der Waals surface area contributed by atoms with Crippen molar-refractivity contribution >= 4 is 194 Å². The number of fused-ring (bicyclic) bond motifs is 21. The van der Waals surface area contributed by atoms with Crippen molar-refractivity contribution in [2.24, 2.45) is 20.0 Å². The minimum Gasteiger partial charge on any atom is -0.395 e. The molecule has 31 nitrogen and oxygen atoms in total. The average molecular weight is 1850 g/mol. The quantitative estimate of drug-likeness (QED) is 0.0299. The van der Waals surface area contributed by atoms with Gasteiger partial charge in [-0.2, -0.15) is 0 Å². The summed E-state index contributed by atoms with van der Waals surface area (Å²) in [6.45, 7) is 11.9. The lowest BCUT2D eigenvalue weighted by molar-refractivity contribution is 0.0821. The molecule has 31 heteroatoms. The second kappa shape index (κ2) is 43.0. The van der Waals surface area contributed by atoms with Crippen molar-refractivity contribution in [3.8, 4) is 0 Å². The van der Waals surface area contributed by atoms with Crippen LogP contribution in [-0.4, -0.2) is 186 Å². The van der Waals surface area contributed by atoms with Gasteiger partial charge in [0, 0.05) is 127 Å². The predicted octanol–water partition coefficient (Wildman–Crippen LogP) is 19.9. The van der Waals surface area contributed by atoms with E-state index >= 15 is 0 Å². The van der Waals surface area contributed by atoms with Gasteiger partial charge in [0.05, 0.1) is 135 Å². The summed E-state index contributed by atoms with van der Waals surface area (Å²) in [7, 11) is 17.1. The summed E-state index contributed by atoms with van der Waals surface area (Å²) < 4.78 is 14.8. The molecule has 138 heavy (non-hydrogen) atoms. The highest BCUT2D eigenvalue weighted by molar-refractivity contribution is 6.12. The van der Waals surface area contributed by atoms with Crippen LogP contribution in [0.1, 0.15) is 87.5 Å². The number of aliphatic hydroxyl groups excluding tert-OH is 3. The maximum atomic E-state index is 9.66. The first-order valence-electron chi connectivity index (χ1n) is 47.3. The molecule has 706 valence electrons. The van der Waals surface area contributed by atoms with Gasteiger partial charge >= 0.3 is 0 Å². The van der Waals surface area contributed by atoms with Gasteiger partial charge in [0.2, 0.25) is 0 Å². The van der Waals surface area contributed by atoms with Gasteiger partial charge in [-0.05, 0) is 100 Å². The number of hydrogen-bond acceptors (Lipinski definition) is 24. The Kier molecular flexibility index (Phi) is 29.3. The summed E-state index contributed by atoms with van der Waals surface area (Å²) in [5.74, 6) is 8.47. The number of nitrogens with one attached hydrogen (secondary N) is 7. The maximum absolute atomic E-state index is 9.66. The first-order valence-corrected chi connectivity index (χ1v) is 47.3. The second-order valence-electron chi connectivity index (χ2n) is 34.6. The molecule has 8 aromatic carbocycles. The van der Waals surface area contributed by atoms with Crippen LogP contribution in [0.2, 0.25) is 0 Å². The van der Waals surface area contributed by atoms with Crippen LogP contribution >= 0.6 is 0 Å². The number of hydrogen-bond donors (Lipinski definition) is 10. The zero-order valence-corrected chi connectivity index (χ0v) is 80.6. The predicted molar refractivity (Wildman–Crippen MR) is 565 cm³/mol. The SMILES string of the molecule is CCCCCCn1cnc2c(NC)nc3ccccc3c21.CNc1nc2ccc(C)cc2c2c1ncn2C.CNc1nc2ccccc2c2c1nc(C)n2C.CNc1nc2ccccc2c2c1nc(C)n2Cc1ccccc1.CNc1nc2ccccc2c2c1ncn2CC(O)CO.CNc1nc2ccccc2c2c1ncn2CC1CCCCC1.CNc1nc2ccccc2c2c1ncn2CCO. The molecule has 1 atom stereocenters. The fourth-order valence-electron chi connectivity index (χ4n) is 18.7. The smallest absolute Gasteiger partial charge is 0.154 e. The summed E-state index contributed by atoms with van der Waals surface area (Å²) in [4.78, 5) is 64.0. The lowest BCUT2D eigenvalue weighted by Crippen LogP contribution is -2.19. The van der Waals surface area contributed by atoms with Crippen LogP contribution in [0.5, 0.6) is 0 Å². The van der Waals surface area contributed by atoms with Crippen LogP contribution < -0.4 is 37.2 Å². The van der Waals surface area contributed by atoms with Gasteiger partial charge < -0.3 is 84.5 Å². The van der Waals surface area contributed by atoms with Crippen LogP contribution in [0.15, 0.2) is 226 Å². The van der Waals surface area contributed by atoms with Crippen molar-refractivity contribution in [2.75, 3.05) is 99.8 Å². The molecule has 0 saturated heterocycles. The molecule has 10 N–H and O–H groups in total. The molecular formula is C107H120N28O3. The number of imidazole rings is 7.